The number of thiocarbonyl (C=S) groups is 1. The van der Waals surface area contributed by atoms with Gasteiger partial charge < -0.3 is 14.5 Å². The van der Waals surface area contributed by atoms with E-state index in [1.54, 1.807) is 41.1 Å². The lowest BCUT2D eigenvalue weighted by Gasteiger charge is -2.35. The number of pyridine rings is 1. The zero-order chi connectivity index (χ0) is 26.8. The maximum Gasteiger partial charge on any atom is 0.409 e. The molecule has 1 atom stereocenters. The molecule has 3 aromatic rings. The monoisotopic (exact) mass is 549 g/mol. The number of carbonyl (C=O) groups is 2. The number of rotatable bonds is 5. The highest BCUT2D eigenvalue weighted by molar-refractivity contribution is 8.26. The number of ether oxygens (including phenoxy) is 1. The summed E-state index contributed by atoms with van der Waals surface area (Å²) >= 11 is 6.77. The van der Waals surface area contributed by atoms with E-state index in [-0.39, 0.29) is 23.6 Å². The summed E-state index contributed by atoms with van der Waals surface area (Å²) in [7, 11) is 0. The number of benzene rings is 1. The largest absolute Gasteiger partial charge is 0.450 e. The predicted molar refractivity (Wildman–Crippen MR) is 152 cm³/mol. The molecule has 0 aliphatic carbocycles. The van der Waals surface area contributed by atoms with Crippen LogP contribution in [0, 0.1) is 0 Å². The van der Waals surface area contributed by atoms with Gasteiger partial charge >= 0.3 is 6.09 Å². The summed E-state index contributed by atoms with van der Waals surface area (Å²) in [6.45, 7) is 5.84. The van der Waals surface area contributed by atoms with Gasteiger partial charge in [-0.25, -0.2) is 9.78 Å². The molecule has 4 heterocycles. The number of piperazine rings is 1. The zero-order valence-corrected chi connectivity index (χ0v) is 22.7. The molecule has 1 aromatic carbocycles. The zero-order valence-electron chi connectivity index (χ0n) is 21.1. The van der Waals surface area contributed by atoms with E-state index in [1.165, 1.54) is 16.2 Å². The average molecular weight is 550 g/mol. The number of hydrogen-bond acceptors (Lipinski definition) is 8. The SMILES string of the molecule is CCOC(=O)N1CCN(c2nc3ccccn3c(=O)c2C=C2SC(=S)N(C(C)c3ccccc3)C2=O)CC1. The van der Waals surface area contributed by atoms with Gasteiger partial charge in [0.05, 0.1) is 23.1 Å². The Kier molecular flexibility index (Phi) is 7.48. The Bertz CT molecular complexity index is 1480. The quantitative estimate of drug-likeness (QED) is 0.350. The predicted octanol–water partition coefficient (Wildman–Crippen LogP) is 3.94. The molecule has 0 bridgehead atoms. The van der Waals surface area contributed by atoms with Gasteiger partial charge in [0.1, 0.15) is 15.8 Å². The van der Waals surface area contributed by atoms with Crippen LogP contribution in [-0.4, -0.2) is 68.3 Å². The third-order valence-electron chi connectivity index (χ3n) is 6.62. The van der Waals surface area contributed by atoms with Crippen molar-refractivity contribution in [3.8, 4) is 0 Å². The Labute approximate surface area is 229 Å². The lowest BCUT2D eigenvalue weighted by molar-refractivity contribution is -0.123. The number of fused-ring (bicyclic) bond motifs is 1. The van der Waals surface area contributed by atoms with Gasteiger partial charge in [0, 0.05) is 32.4 Å². The standard InChI is InChI=1S/C27H27N5O4S2/c1-3-36-26(35)30-15-13-29(14-16-30)23-20(24(33)31-12-8-7-11-22(31)28-23)17-21-25(34)32(27(37)38-21)18(2)19-9-5-4-6-10-19/h4-12,17-18H,3,13-16H2,1-2H3. The van der Waals surface area contributed by atoms with Gasteiger partial charge in [0.25, 0.3) is 11.5 Å². The molecule has 196 valence electrons. The number of amides is 2. The van der Waals surface area contributed by atoms with Crippen molar-refractivity contribution in [1.82, 2.24) is 19.2 Å². The van der Waals surface area contributed by atoms with Crippen LogP contribution in [0.1, 0.15) is 31.0 Å². The van der Waals surface area contributed by atoms with Crippen LogP contribution in [-0.2, 0) is 9.53 Å². The molecule has 2 aliphatic rings. The summed E-state index contributed by atoms with van der Waals surface area (Å²) < 4.78 is 7.04. The van der Waals surface area contributed by atoms with Crippen LogP contribution in [0.15, 0.2) is 64.4 Å². The van der Waals surface area contributed by atoms with E-state index < -0.39 is 0 Å². The fourth-order valence-electron chi connectivity index (χ4n) is 4.60. The van der Waals surface area contributed by atoms with E-state index in [1.807, 2.05) is 48.2 Å². The normalized spacial score (nSPS) is 17.9. The Hall–Kier alpha value is -3.70. The second-order valence-electron chi connectivity index (χ2n) is 8.89. The minimum atomic E-state index is -0.352. The minimum Gasteiger partial charge on any atom is -0.450 e. The number of aromatic nitrogens is 2. The first kappa shape index (κ1) is 25.9. The van der Waals surface area contributed by atoms with E-state index in [0.717, 1.165) is 5.56 Å². The number of anilines is 1. The molecule has 0 spiro atoms. The molecule has 2 saturated heterocycles. The topological polar surface area (TPSA) is 87.5 Å². The summed E-state index contributed by atoms with van der Waals surface area (Å²) in [6, 6.07) is 14.8. The highest BCUT2D eigenvalue weighted by Crippen LogP contribution is 2.38. The van der Waals surface area contributed by atoms with Crippen LogP contribution in [0.3, 0.4) is 0 Å². The van der Waals surface area contributed by atoms with Gasteiger partial charge in [-0.15, -0.1) is 0 Å². The molecule has 38 heavy (non-hydrogen) atoms. The van der Waals surface area contributed by atoms with E-state index in [4.69, 9.17) is 21.9 Å². The first-order chi connectivity index (χ1) is 18.4. The molecule has 1 unspecified atom stereocenters. The van der Waals surface area contributed by atoms with Crippen molar-refractivity contribution in [2.45, 2.75) is 19.9 Å². The van der Waals surface area contributed by atoms with Crippen molar-refractivity contribution in [2.75, 3.05) is 37.7 Å². The van der Waals surface area contributed by atoms with Crippen molar-refractivity contribution < 1.29 is 14.3 Å². The second-order valence-corrected chi connectivity index (χ2v) is 10.6. The van der Waals surface area contributed by atoms with Crippen LogP contribution in [0.4, 0.5) is 10.6 Å². The number of thioether (sulfide) groups is 1. The fourth-order valence-corrected chi connectivity index (χ4v) is 6.00. The first-order valence-corrected chi connectivity index (χ1v) is 13.6. The van der Waals surface area contributed by atoms with E-state index in [0.29, 0.717) is 59.0 Å². The lowest BCUT2D eigenvalue weighted by Crippen LogP contribution is -2.49. The average Bonchev–Trinajstić information content (AvgIpc) is 3.22. The van der Waals surface area contributed by atoms with Crippen molar-refractivity contribution in [3.05, 3.63) is 81.1 Å². The lowest BCUT2D eigenvalue weighted by atomic mass is 10.1. The molecule has 5 rings (SSSR count). The van der Waals surface area contributed by atoms with Gasteiger partial charge in [-0.3, -0.25) is 18.9 Å². The molecule has 0 radical (unpaired) electrons. The van der Waals surface area contributed by atoms with Crippen LogP contribution in [0.2, 0.25) is 0 Å². The summed E-state index contributed by atoms with van der Waals surface area (Å²) in [5.74, 6) is 0.234. The van der Waals surface area contributed by atoms with Gasteiger partial charge in [-0.2, -0.15) is 0 Å². The number of carbonyl (C=O) groups excluding carboxylic acids is 2. The maximum atomic E-state index is 13.7. The Morgan fingerprint density at radius 3 is 2.53 bits per heavy atom. The molecule has 2 fully saturated rings. The van der Waals surface area contributed by atoms with E-state index in [2.05, 4.69) is 0 Å². The Morgan fingerprint density at radius 2 is 1.82 bits per heavy atom. The van der Waals surface area contributed by atoms with Crippen molar-refractivity contribution in [2.24, 2.45) is 0 Å². The molecule has 2 aromatic heterocycles. The Balaban J connectivity index is 1.51. The van der Waals surface area contributed by atoms with Gasteiger partial charge in [-0.05, 0) is 37.6 Å². The molecule has 2 aliphatic heterocycles. The molecule has 2 amide bonds. The van der Waals surface area contributed by atoms with E-state index >= 15 is 0 Å². The second kappa shape index (κ2) is 11.0. The first-order valence-electron chi connectivity index (χ1n) is 12.4. The summed E-state index contributed by atoms with van der Waals surface area (Å²) in [5.41, 5.74) is 1.51. The highest BCUT2D eigenvalue weighted by Gasteiger charge is 2.36. The van der Waals surface area contributed by atoms with Crippen molar-refractivity contribution in [3.63, 3.8) is 0 Å². The fraction of sp³-hybridized carbons (Fsp3) is 0.296. The van der Waals surface area contributed by atoms with Crippen LogP contribution in [0.25, 0.3) is 11.7 Å². The third kappa shape index (κ3) is 4.91. The van der Waals surface area contributed by atoms with Crippen LogP contribution < -0.4 is 10.5 Å². The summed E-state index contributed by atoms with van der Waals surface area (Å²) in [5, 5.41) is 0. The number of hydrogen-bond donors (Lipinski definition) is 0. The third-order valence-corrected chi connectivity index (χ3v) is 7.95. The summed E-state index contributed by atoms with van der Waals surface area (Å²) in [4.78, 5) is 49.7. The van der Waals surface area contributed by atoms with Crippen molar-refractivity contribution >= 4 is 57.8 Å². The van der Waals surface area contributed by atoms with Gasteiger partial charge in [0.15, 0.2) is 0 Å². The smallest absolute Gasteiger partial charge is 0.409 e. The van der Waals surface area contributed by atoms with Crippen LogP contribution >= 0.6 is 24.0 Å². The van der Waals surface area contributed by atoms with Gasteiger partial charge in [-0.1, -0.05) is 60.4 Å². The Morgan fingerprint density at radius 1 is 1.11 bits per heavy atom. The van der Waals surface area contributed by atoms with E-state index in [9.17, 15) is 14.4 Å². The maximum absolute atomic E-state index is 13.7. The minimum absolute atomic E-state index is 0.244. The highest BCUT2D eigenvalue weighted by atomic mass is 32.2. The van der Waals surface area contributed by atoms with Gasteiger partial charge in [0.2, 0.25) is 0 Å². The van der Waals surface area contributed by atoms with Crippen molar-refractivity contribution in [1.29, 1.82) is 0 Å². The molecule has 0 saturated carbocycles. The van der Waals surface area contributed by atoms with Crippen LogP contribution in [0.5, 0.6) is 0 Å². The molecule has 0 N–H and O–H groups in total. The molecular formula is C27H27N5O4S2. The molecule has 9 nitrogen and oxygen atoms in total. The molecule has 11 heteroatoms. The summed E-state index contributed by atoms with van der Waals surface area (Å²) in [6.07, 6.45) is 2.92. The number of nitrogens with zero attached hydrogens (tertiary/aromatic N) is 5. The molecular weight excluding hydrogens is 522 g/mol.